The van der Waals surface area contributed by atoms with Gasteiger partial charge < -0.3 is 14.4 Å². The lowest BCUT2D eigenvalue weighted by Crippen LogP contribution is -2.32. The molecule has 1 aromatic heterocycles. The average Bonchev–Trinajstić information content (AvgIpc) is 3.01. The molecular formula is C16H14ClNO3S. The molecule has 6 heteroatoms. The zero-order chi connectivity index (χ0) is 15.1. The number of halogens is 1. The number of fused-ring (bicyclic) bond motifs is 1. The number of carbonyl (C=O) groups excluding carboxylic acids is 1. The van der Waals surface area contributed by atoms with Crippen molar-refractivity contribution in [3.05, 3.63) is 45.1 Å². The lowest BCUT2D eigenvalue weighted by Gasteiger charge is -2.22. The van der Waals surface area contributed by atoms with Gasteiger partial charge in [-0.3, -0.25) is 4.79 Å². The number of carbonyl (C=O) groups is 1. The molecule has 2 heterocycles. The Hall–Kier alpha value is -1.72. The summed E-state index contributed by atoms with van der Waals surface area (Å²) in [5.41, 5.74) is 0.553. The molecule has 22 heavy (non-hydrogen) atoms. The maximum Gasteiger partial charge on any atom is 0.254 e. The topological polar surface area (TPSA) is 38.8 Å². The number of amides is 1. The van der Waals surface area contributed by atoms with Crippen molar-refractivity contribution in [1.82, 2.24) is 4.90 Å². The van der Waals surface area contributed by atoms with E-state index in [1.54, 1.807) is 23.5 Å². The molecule has 0 radical (unpaired) electrons. The van der Waals surface area contributed by atoms with E-state index in [4.69, 9.17) is 21.1 Å². The first-order chi connectivity index (χ1) is 10.7. The van der Waals surface area contributed by atoms with E-state index in [1.807, 2.05) is 16.3 Å². The Labute approximate surface area is 137 Å². The Morgan fingerprint density at radius 1 is 1.36 bits per heavy atom. The Kier molecular flexibility index (Phi) is 3.47. The molecule has 0 unspecified atom stereocenters. The van der Waals surface area contributed by atoms with Crippen molar-refractivity contribution in [2.45, 2.75) is 25.4 Å². The number of hydrogen-bond acceptors (Lipinski definition) is 4. The van der Waals surface area contributed by atoms with E-state index >= 15 is 0 Å². The quantitative estimate of drug-likeness (QED) is 0.849. The second kappa shape index (κ2) is 5.48. The average molecular weight is 336 g/mol. The molecule has 0 saturated heterocycles. The van der Waals surface area contributed by atoms with E-state index in [9.17, 15) is 4.79 Å². The molecule has 1 aliphatic carbocycles. The molecule has 4 rings (SSSR count). The van der Waals surface area contributed by atoms with Crippen LogP contribution in [-0.2, 0) is 6.54 Å². The van der Waals surface area contributed by atoms with Crippen LogP contribution in [0, 0.1) is 0 Å². The predicted octanol–water partition coefficient (Wildman–Crippen LogP) is 3.94. The second-order valence-corrected chi connectivity index (χ2v) is 6.87. The maximum absolute atomic E-state index is 12.9. The second-order valence-electron chi connectivity index (χ2n) is 5.44. The van der Waals surface area contributed by atoms with Gasteiger partial charge in [0.1, 0.15) is 0 Å². The third-order valence-corrected chi connectivity index (χ3v) is 4.97. The third kappa shape index (κ3) is 2.55. The monoisotopic (exact) mass is 335 g/mol. The number of rotatable bonds is 4. The van der Waals surface area contributed by atoms with Crippen LogP contribution in [0.4, 0.5) is 0 Å². The van der Waals surface area contributed by atoms with Gasteiger partial charge in [0.05, 0.1) is 11.6 Å². The van der Waals surface area contributed by atoms with Crippen molar-refractivity contribution in [3.8, 4) is 11.5 Å². The van der Waals surface area contributed by atoms with Gasteiger partial charge in [0.25, 0.3) is 5.91 Å². The molecule has 1 saturated carbocycles. The molecule has 0 N–H and O–H groups in total. The Morgan fingerprint density at radius 2 is 2.23 bits per heavy atom. The van der Waals surface area contributed by atoms with Crippen LogP contribution in [0.15, 0.2) is 29.6 Å². The molecule has 2 aromatic rings. The summed E-state index contributed by atoms with van der Waals surface area (Å²) in [6.45, 7) is 0.793. The fourth-order valence-corrected chi connectivity index (χ4v) is 3.55. The van der Waals surface area contributed by atoms with Gasteiger partial charge in [0.2, 0.25) is 6.79 Å². The molecule has 0 bridgehead atoms. The van der Waals surface area contributed by atoms with Crippen molar-refractivity contribution in [2.24, 2.45) is 0 Å². The minimum atomic E-state index is -0.00361. The molecule has 1 aliphatic heterocycles. The van der Waals surface area contributed by atoms with E-state index in [0.29, 0.717) is 34.7 Å². The van der Waals surface area contributed by atoms with E-state index < -0.39 is 0 Å². The standard InChI is InChI=1S/C16H14ClNO3S/c17-13-6-10(7-14-15(13)21-9-20-14)16(19)18(11-3-4-11)8-12-2-1-5-22-12/h1-2,5-7,11H,3-4,8-9H2. The van der Waals surface area contributed by atoms with Crippen molar-refractivity contribution >= 4 is 28.8 Å². The van der Waals surface area contributed by atoms with Crippen LogP contribution in [0.25, 0.3) is 0 Å². The van der Waals surface area contributed by atoms with Gasteiger partial charge in [-0.1, -0.05) is 17.7 Å². The lowest BCUT2D eigenvalue weighted by atomic mass is 10.1. The number of nitrogens with zero attached hydrogens (tertiary/aromatic N) is 1. The lowest BCUT2D eigenvalue weighted by molar-refractivity contribution is 0.0731. The van der Waals surface area contributed by atoms with Gasteiger partial charge in [-0.25, -0.2) is 0 Å². The molecule has 1 fully saturated rings. The molecular weight excluding hydrogens is 322 g/mol. The van der Waals surface area contributed by atoms with Gasteiger partial charge in [-0.05, 0) is 36.4 Å². The number of hydrogen-bond donors (Lipinski definition) is 0. The smallest absolute Gasteiger partial charge is 0.254 e. The first kappa shape index (κ1) is 13.9. The molecule has 0 atom stereocenters. The summed E-state index contributed by atoms with van der Waals surface area (Å²) < 4.78 is 10.6. The summed E-state index contributed by atoms with van der Waals surface area (Å²) in [5, 5.41) is 2.45. The van der Waals surface area contributed by atoms with Crippen molar-refractivity contribution in [3.63, 3.8) is 0 Å². The predicted molar refractivity (Wildman–Crippen MR) is 84.8 cm³/mol. The van der Waals surface area contributed by atoms with E-state index in [2.05, 4.69) is 6.07 Å². The molecule has 1 aromatic carbocycles. The van der Waals surface area contributed by atoms with Crippen molar-refractivity contribution in [1.29, 1.82) is 0 Å². The van der Waals surface area contributed by atoms with E-state index in [-0.39, 0.29) is 12.7 Å². The normalized spacial score (nSPS) is 15.9. The van der Waals surface area contributed by atoms with Crippen LogP contribution >= 0.6 is 22.9 Å². The maximum atomic E-state index is 12.9. The number of thiophene rings is 1. The van der Waals surface area contributed by atoms with Gasteiger partial charge in [0, 0.05) is 16.5 Å². The van der Waals surface area contributed by atoms with Gasteiger partial charge in [-0.2, -0.15) is 0 Å². The highest BCUT2D eigenvalue weighted by Crippen LogP contribution is 2.40. The highest BCUT2D eigenvalue weighted by Gasteiger charge is 2.34. The van der Waals surface area contributed by atoms with Crippen molar-refractivity contribution in [2.75, 3.05) is 6.79 Å². The summed E-state index contributed by atoms with van der Waals surface area (Å²) >= 11 is 7.86. The minimum Gasteiger partial charge on any atom is -0.454 e. The molecule has 2 aliphatic rings. The summed E-state index contributed by atoms with van der Waals surface area (Å²) in [4.78, 5) is 16.0. The van der Waals surface area contributed by atoms with Crippen LogP contribution in [-0.4, -0.2) is 23.6 Å². The first-order valence-corrected chi connectivity index (χ1v) is 8.40. The number of ether oxygens (including phenoxy) is 2. The minimum absolute atomic E-state index is 0.00361. The zero-order valence-corrected chi connectivity index (χ0v) is 13.3. The Balaban J connectivity index is 1.63. The van der Waals surface area contributed by atoms with Crippen LogP contribution < -0.4 is 9.47 Å². The van der Waals surface area contributed by atoms with Crippen LogP contribution in [0.1, 0.15) is 28.1 Å². The van der Waals surface area contributed by atoms with Gasteiger partial charge in [-0.15, -0.1) is 11.3 Å². The zero-order valence-electron chi connectivity index (χ0n) is 11.8. The van der Waals surface area contributed by atoms with Crippen LogP contribution in [0.5, 0.6) is 11.5 Å². The largest absolute Gasteiger partial charge is 0.454 e. The highest BCUT2D eigenvalue weighted by molar-refractivity contribution is 7.09. The van der Waals surface area contributed by atoms with Gasteiger partial charge >= 0.3 is 0 Å². The number of benzene rings is 1. The third-order valence-electron chi connectivity index (χ3n) is 3.83. The Morgan fingerprint density at radius 3 is 2.95 bits per heavy atom. The summed E-state index contributed by atoms with van der Waals surface area (Å²) in [7, 11) is 0. The van der Waals surface area contributed by atoms with Crippen LogP contribution in [0.2, 0.25) is 5.02 Å². The molecule has 4 nitrogen and oxygen atoms in total. The first-order valence-electron chi connectivity index (χ1n) is 7.15. The summed E-state index contributed by atoms with van der Waals surface area (Å²) in [5.74, 6) is 1.06. The summed E-state index contributed by atoms with van der Waals surface area (Å²) in [6.07, 6.45) is 2.13. The van der Waals surface area contributed by atoms with E-state index in [1.165, 1.54) is 4.88 Å². The highest BCUT2D eigenvalue weighted by atomic mass is 35.5. The molecule has 114 valence electrons. The fraction of sp³-hybridized carbons (Fsp3) is 0.312. The SMILES string of the molecule is O=C(c1cc(Cl)c2c(c1)OCO2)N(Cc1cccs1)C1CC1. The molecule has 0 spiro atoms. The van der Waals surface area contributed by atoms with Crippen LogP contribution in [0.3, 0.4) is 0 Å². The molecule has 1 amide bonds. The van der Waals surface area contributed by atoms with Crippen molar-refractivity contribution < 1.29 is 14.3 Å². The fourth-order valence-electron chi connectivity index (χ4n) is 2.58. The van der Waals surface area contributed by atoms with E-state index in [0.717, 1.165) is 12.8 Å². The summed E-state index contributed by atoms with van der Waals surface area (Å²) in [6, 6.07) is 7.79. The van der Waals surface area contributed by atoms with Gasteiger partial charge in [0.15, 0.2) is 11.5 Å². The Bertz CT molecular complexity index is 712.